The van der Waals surface area contributed by atoms with Gasteiger partial charge in [-0.15, -0.1) is 0 Å². The number of carbonyl (C=O) groups excluding carboxylic acids is 2. The fraction of sp³-hybridized carbons (Fsp3) is 0.867. The summed E-state index contributed by atoms with van der Waals surface area (Å²) in [5.74, 6) is 0.163. The van der Waals surface area contributed by atoms with Crippen molar-refractivity contribution in [2.45, 2.75) is 58.0 Å². The van der Waals surface area contributed by atoms with Crippen LogP contribution in [0.5, 0.6) is 0 Å². The molecule has 2 rings (SSSR count). The first-order chi connectivity index (χ1) is 9.54. The van der Waals surface area contributed by atoms with Crippen molar-refractivity contribution in [1.82, 2.24) is 10.2 Å². The number of hydrogen-bond donors (Lipinski definition) is 1. The van der Waals surface area contributed by atoms with Gasteiger partial charge in [-0.05, 0) is 26.7 Å². The molecular weight excluding hydrogens is 256 g/mol. The standard InChI is InChI=1S/C15H26N2O3/c1-11(2)17-12(13(18)16-9-10-20-3)15(14(17)19)7-5-4-6-8-15/h11-12H,4-10H2,1-3H3,(H,16,18). The molecule has 0 aromatic carbocycles. The number of ether oxygens (including phenoxy) is 1. The molecule has 2 aliphatic rings. The van der Waals surface area contributed by atoms with Gasteiger partial charge in [0.25, 0.3) is 0 Å². The van der Waals surface area contributed by atoms with Crippen molar-refractivity contribution in [3.8, 4) is 0 Å². The first kappa shape index (κ1) is 15.3. The number of likely N-dealkylation sites (tertiary alicyclic amines) is 1. The quantitative estimate of drug-likeness (QED) is 0.611. The van der Waals surface area contributed by atoms with E-state index in [-0.39, 0.29) is 23.9 Å². The molecule has 1 aliphatic heterocycles. The van der Waals surface area contributed by atoms with Crippen molar-refractivity contribution < 1.29 is 14.3 Å². The Morgan fingerprint density at radius 3 is 2.60 bits per heavy atom. The minimum Gasteiger partial charge on any atom is -0.383 e. The van der Waals surface area contributed by atoms with E-state index in [0.717, 1.165) is 25.7 Å². The van der Waals surface area contributed by atoms with Crippen molar-refractivity contribution in [2.24, 2.45) is 5.41 Å². The Bertz CT molecular complexity index is 375. The average molecular weight is 282 g/mol. The number of methoxy groups -OCH3 is 1. The molecule has 1 N–H and O–H groups in total. The second kappa shape index (κ2) is 6.12. The smallest absolute Gasteiger partial charge is 0.244 e. The lowest BCUT2D eigenvalue weighted by atomic mass is 9.61. The Hall–Kier alpha value is -1.10. The summed E-state index contributed by atoms with van der Waals surface area (Å²) in [5, 5.41) is 2.90. The molecule has 0 aromatic rings. The SMILES string of the molecule is COCCNC(=O)C1N(C(C)C)C(=O)C12CCCCC2. The predicted molar refractivity (Wildman–Crippen MR) is 76.2 cm³/mol. The third-order valence-corrected chi connectivity index (χ3v) is 4.62. The van der Waals surface area contributed by atoms with E-state index in [1.165, 1.54) is 6.42 Å². The Kier molecular flexibility index (Phi) is 4.68. The maximum Gasteiger partial charge on any atom is 0.244 e. The van der Waals surface area contributed by atoms with Crippen molar-refractivity contribution in [3.05, 3.63) is 0 Å². The van der Waals surface area contributed by atoms with Crippen molar-refractivity contribution in [1.29, 1.82) is 0 Å². The average Bonchev–Trinajstić information content (AvgIpc) is 2.44. The monoisotopic (exact) mass is 282 g/mol. The van der Waals surface area contributed by atoms with Crippen molar-refractivity contribution in [3.63, 3.8) is 0 Å². The molecule has 1 aliphatic carbocycles. The Morgan fingerprint density at radius 1 is 1.40 bits per heavy atom. The highest BCUT2D eigenvalue weighted by atomic mass is 16.5. The van der Waals surface area contributed by atoms with Crippen LogP contribution in [0.1, 0.15) is 46.0 Å². The number of β-lactam (4-membered cyclic amide) rings is 1. The lowest BCUT2D eigenvalue weighted by molar-refractivity contribution is -0.186. The molecular formula is C15H26N2O3. The Labute approximate surface area is 121 Å². The van der Waals surface area contributed by atoms with E-state index in [0.29, 0.717) is 13.2 Å². The van der Waals surface area contributed by atoms with Gasteiger partial charge in [-0.25, -0.2) is 0 Å². The van der Waals surface area contributed by atoms with E-state index >= 15 is 0 Å². The zero-order valence-electron chi connectivity index (χ0n) is 12.8. The molecule has 1 saturated carbocycles. The minimum atomic E-state index is -0.417. The van der Waals surface area contributed by atoms with Gasteiger partial charge < -0.3 is 15.0 Å². The molecule has 1 unspecified atom stereocenters. The van der Waals surface area contributed by atoms with Gasteiger partial charge in [-0.1, -0.05) is 19.3 Å². The molecule has 0 aromatic heterocycles. The number of nitrogens with one attached hydrogen (secondary N) is 1. The largest absolute Gasteiger partial charge is 0.383 e. The highest BCUT2D eigenvalue weighted by molar-refractivity contribution is 6.02. The minimum absolute atomic E-state index is 0.0164. The topological polar surface area (TPSA) is 58.6 Å². The van der Waals surface area contributed by atoms with Crippen LogP contribution in [0.15, 0.2) is 0 Å². The molecule has 1 spiro atoms. The lowest BCUT2D eigenvalue weighted by Gasteiger charge is -2.58. The number of carbonyl (C=O) groups is 2. The summed E-state index contributed by atoms with van der Waals surface area (Å²) >= 11 is 0. The van der Waals surface area contributed by atoms with Crippen molar-refractivity contribution >= 4 is 11.8 Å². The second-order valence-corrected chi connectivity index (χ2v) is 6.21. The zero-order valence-corrected chi connectivity index (χ0v) is 12.8. The maximum atomic E-state index is 12.5. The lowest BCUT2D eigenvalue weighted by Crippen LogP contribution is -2.75. The number of nitrogens with zero attached hydrogens (tertiary/aromatic N) is 1. The third-order valence-electron chi connectivity index (χ3n) is 4.62. The van der Waals surface area contributed by atoms with Crippen LogP contribution in [-0.4, -0.2) is 49.1 Å². The zero-order chi connectivity index (χ0) is 14.8. The molecule has 1 heterocycles. The van der Waals surface area contributed by atoms with Crippen LogP contribution in [-0.2, 0) is 14.3 Å². The van der Waals surface area contributed by atoms with Crippen LogP contribution in [0.2, 0.25) is 0 Å². The van der Waals surface area contributed by atoms with Crippen LogP contribution < -0.4 is 5.32 Å². The van der Waals surface area contributed by atoms with E-state index in [4.69, 9.17) is 4.74 Å². The van der Waals surface area contributed by atoms with Gasteiger partial charge in [-0.2, -0.15) is 0 Å². The fourth-order valence-electron chi connectivity index (χ4n) is 3.64. The van der Waals surface area contributed by atoms with Crippen LogP contribution in [0, 0.1) is 5.41 Å². The summed E-state index contributed by atoms with van der Waals surface area (Å²) in [4.78, 5) is 26.8. The van der Waals surface area contributed by atoms with Gasteiger partial charge in [-0.3, -0.25) is 9.59 Å². The third kappa shape index (κ3) is 2.43. The summed E-state index contributed by atoms with van der Waals surface area (Å²) in [5.41, 5.74) is -0.417. The molecule has 5 heteroatoms. The van der Waals surface area contributed by atoms with Gasteiger partial charge >= 0.3 is 0 Å². The molecule has 114 valence electrons. The number of hydrogen-bond acceptors (Lipinski definition) is 3. The first-order valence-corrected chi connectivity index (χ1v) is 7.64. The van der Waals surface area contributed by atoms with Gasteiger partial charge in [0, 0.05) is 19.7 Å². The highest BCUT2D eigenvalue weighted by Crippen LogP contribution is 2.50. The normalized spacial score (nSPS) is 24.9. The summed E-state index contributed by atoms with van der Waals surface area (Å²) in [6.07, 6.45) is 5.00. The van der Waals surface area contributed by atoms with Gasteiger partial charge in [0.05, 0.1) is 12.0 Å². The van der Waals surface area contributed by atoms with Crippen LogP contribution in [0.3, 0.4) is 0 Å². The van der Waals surface area contributed by atoms with E-state index in [1.54, 1.807) is 12.0 Å². The predicted octanol–water partition coefficient (Wildman–Crippen LogP) is 1.32. The maximum absolute atomic E-state index is 12.5. The van der Waals surface area contributed by atoms with Crippen LogP contribution in [0.4, 0.5) is 0 Å². The summed E-state index contributed by atoms with van der Waals surface area (Å²) in [7, 11) is 1.61. The van der Waals surface area contributed by atoms with E-state index in [9.17, 15) is 9.59 Å². The number of amides is 2. The molecule has 0 bridgehead atoms. The molecule has 20 heavy (non-hydrogen) atoms. The van der Waals surface area contributed by atoms with E-state index < -0.39 is 5.41 Å². The van der Waals surface area contributed by atoms with E-state index in [2.05, 4.69) is 5.32 Å². The highest BCUT2D eigenvalue weighted by Gasteiger charge is 2.63. The number of rotatable bonds is 5. The summed E-state index contributed by atoms with van der Waals surface area (Å²) in [6, 6.07) is -0.208. The Balaban J connectivity index is 2.11. The van der Waals surface area contributed by atoms with Crippen molar-refractivity contribution in [2.75, 3.05) is 20.3 Å². The van der Waals surface area contributed by atoms with Gasteiger partial charge in [0.1, 0.15) is 6.04 Å². The Morgan fingerprint density at radius 2 is 2.05 bits per heavy atom. The second-order valence-electron chi connectivity index (χ2n) is 6.21. The molecule has 2 fully saturated rings. The van der Waals surface area contributed by atoms with Crippen LogP contribution in [0.25, 0.3) is 0 Å². The molecule has 5 nitrogen and oxygen atoms in total. The summed E-state index contributed by atoms with van der Waals surface area (Å²) < 4.78 is 4.96. The van der Waals surface area contributed by atoms with Crippen LogP contribution >= 0.6 is 0 Å². The molecule has 1 saturated heterocycles. The van der Waals surface area contributed by atoms with Gasteiger partial charge in [0.2, 0.25) is 11.8 Å². The summed E-state index contributed by atoms with van der Waals surface area (Å²) in [6.45, 7) is 4.95. The van der Waals surface area contributed by atoms with E-state index in [1.807, 2.05) is 13.8 Å². The fourth-order valence-corrected chi connectivity index (χ4v) is 3.64. The molecule has 1 atom stereocenters. The first-order valence-electron chi connectivity index (χ1n) is 7.64. The molecule has 2 amide bonds. The van der Waals surface area contributed by atoms with Gasteiger partial charge in [0.15, 0.2) is 0 Å². The molecule has 0 radical (unpaired) electrons.